The van der Waals surface area contributed by atoms with Gasteiger partial charge in [-0.25, -0.2) is 0 Å². The summed E-state index contributed by atoms with van der Waals surface area (Å²) in [4.78, 5) is 0. The molecular weight excluding hydrogens is 224 g/mol. The third kappa shape index (κ3) is 12.4. The van der Waals surface area contributed by atoms with Crippen molar-refractivity contribution < 1.29 is 9.47 Å². The van der Waals surface area contributed by atoms with Crippen LogP contribution in [-0.4, -0.2) is 25.9 Å². The Morgan fingerprint density at radius 3 is 2.06 bits per heavy atom. The maximum absolute atomic E-state index is 5.92. The van der Waals surface area contributed by atoms with Crippen molar-refractivity contribution in [3.63, 3.8) is 0 Å². The fraction of sp³-hybridized carbons (Fsp3) is 1.00. The average molecular weight is 258 g/mol. The molecular formula is C16H34O2. The van der Waals surface area contributed by atoms with Crippen molar-refractivity contribution in [2.24, 2.45) is 0 Å². The molecule has 0 aliphatic heterocycles. The quantitative estimate of drug-likeness (QED) is 0.410. The Kier molecular flexibility index (Phi) is 14.9. The van der Waals surface area contributed by atoms with Crippen LogP contribution in [0.25, 0.3) is 0 Å². The van der Waals surface area contributed by atoms with Gasteiger partial charge >= 0.3 is 0 Å². The van der Waals surface area contributed by atoms with E-state index in [2.05, 4.69) is 20.8 Å². The van der Waals surface area contributed by atoms with E-state index in [-0.39, 0.29) is 0 Å². The maximum Gasteiger partial charge on any atom is 0.0808 e. The minimum absolute atomic E-state index is 0.324. The summed E-state index contributed by atoms with van der Waals surface area (Å²) < 4.78 is 11.6. The molecule has 0 aliphatic rings. The van der Waals surface area contributed by atoms with E-state index in [0.717, 1.165) is 32.7 Å². The molecule has 0 rings (SSSR count). The molecule has 0 radical (unpaired) electrons. The van der Waals surface area contributed by atoms with E-state index in [9.17, 15) is 0 Å². The van der Waals surface area contributed by atoms with Gasteiger partial charge in [-0.2, -0.15) is 0 Å². The molecule has 18 heavy (non-hydrogen) atoms. The van der Waals surface area contributed by atoms with Crippen LogP contribution in [0, 0.1) is 0 Å². The first kappa shape index (κ1) is 17.9. The molecule has 110 valence electrons. The van der Waals surface area contributed by atoms with Gasteiger partial charge in [0.25, 0.3) is 0 Å². The molecule has 0 fully saturated rings. The van der Waals surface area contributed by atoms with Crippen LogP contribution in [0.3, 0.4) is 0 Å². The van der Waals surface area contributed by atoms with Gasteiger partial charge in [0.2, 0.25) is 0 Å². The van der Waals surface area contributed by atoms with E-state index in [1.807, 2.05) is 0 Å². The third-order valence-electron chi connectivity index (χ3n) is 3.18. The lowest BCUT2D eigenvalue weighted by Crippen LogP contribution is -2.21. The molecule has 1 atom stereocenters. The Morgan fingerprint density at radius 1 is 0.722 bits per heavy atom. The topological polar surface area (TPSA) is 18.5 Å². The van der Waals surface area contributed by atoms with Crippen LogP contribution < -0.4 is 0 Å². The zero-order valence-corrected chi connectivity index (χ0v) is 12.9. The van der Waals surface area contributed by atoms with E-state index in [4.69, 9.17) is 9.47 Å². The first-order valence-corrected chi connectivity index (χ1v) is 8.04. The molecule has 0 amide bonds. The number of hydrogen-bond donors (Lipinski definition) is 0. The largest absolute Gasteiger partial charge is 0.379 e. The van der Waals surface area contributed by atoms with Crippen LogP contribution in [0.5, 0.6) is 0 Å². The summed E-state index contributed by atoms with van der Waals surface area (Å²) in [6.07, 6.45) is 11.5. The van der Waals surface area contributed by atoms with Gasteiger partial charge in [-0.15, -0.1) is 0 Å². The van der Waals surface area contributed by atoms with Gasteiger partial charge in [0.1, 0.15) is 0 Å². The zero-order valence-electron chi connectivity index (χ0n) is 12.9. The second-order valence-corrected chi connectivity index (χ2v) is 5.12. The second kappa shape index (κ2) is 15.0. The molecule has 2 heteroatoms. The third-order valence-corrected chi connectivity index (χ3v) is 3.18. The summed E-state index contributed by atoms with van der Waals surface area (Å²) >= 11 is 0. The number of rotatable bonds is 14. The van der Waals surface area contributed by atoms with Crippen LogP contribution in [0.2, 0.25) is 0 Å². The lowest BCUT2D eigenvalue weighted by atomic mass is 10.1. The summed E-state index contributed by atoms with van der Waals surface area (Å²) in [5.41, 5.74) is 0. The monoisotopic (exact) mass is 258 g/mol. The van der Waals surface area contributed by atoms with Gasteiger partial charge in [-0.1, -0.05) is 59.3 Å². The Labute approximate surface area is 114 Å². The molecule has 0 aromatic rings. The van der Waals surface area contributed by atoms with Gasteiger partial charge in [-0.05, 0) is 19.3 Å². The Bertz CT molecular complexity index is 136. The highest BCUT2D eigenvalue weighted by molar-refractivity contribution is 4.58. The van der Waals surface area contributed by atoms with Gasteiger partial charge < -0.3 is 9.47 Å². The van der Waals surface area contributed by atoms with E-state index in [1.54, 1.807) is 0 Å². The first-order valence-electron chi connectivity index (χ1n) is 8.04. The summed E-state index contributed by atoms with van der Waals surface area (Å²) in [6.45, 7) is 9.23. The van der Waals surface area contributed by atoms with Gasteiger partial charge in [0.05, 0.1) is 12.7 Å². The molecule has 0 spiro atoms. The molecule has 0 N–H and O–H groups in total. The molecule has 0 aromatic carbocycles. The van der Waals surface area contributed by atoms with Crippen molar-refractivity contribution >= 4 is 0 Å². The van der Waals surface area contributed by atoms with Crippen molar-refractivity contribution in [2.45, 2.75) is 84.7 Å². The molecule has 0 aliphatic carbocycles. The van der Waals surface area contributed by atoms with Crippen LogP contribution in [-0.2, 0) is 9.47 Å². The molecule has 0 saturated carbocycles. The SMILES string of the molecule is CCCCCCC(COCCCC)OCCCC. The summed E-state index contributed by atoms with van der Waals surface area (Å²) in [5.74, 6) is 0. The lowest BCUT2D eigenvalue weighted by Gasteiger charge is -2.18. The molecule has 0 heterocycles. The predicted octanol–water partition coefficient (Wildman–Crippen LogP) is 4.96. The standard InChI is InChI=1S/C16H34O2/c1-4-7-10-11-12-16(18-14-9-6-3)15-17-13-8-5-2/h16H,4-15H2,1-3H3. The number of unbranched alkanes of at least 4 members (excludes halogenated alkanes) is 5. The van der Waals surface area contributed by atoms with E-state index < -0.39 is 0 Å². The lowest BCUT2D eigenvalue weighted by molar-refractivity contribution is -0.0229. The molecule has 0 bridgehead atoms. The predicted molar refractivity (Wildman–Crippen MR) is 79.1 cm³/mol. The maximum atomic E-state index is 5.92. The van der Waals surface area contributed by atoms with Gasteiger partial charge in [-0.3, -0.25) is 0 Å². The zero-order chi connectivity index (χ0) is 13.5. The fourth-order valence-electron chi connectivity index (χ4n) is 1.87. The summed E-state index contributed by atoms with van der Waals surface area (Å²) in [5, 5.41) is 0. The highest BCUT2D eigenvalue weighted by atomic mass is 16.5. The van der Waals surface area contributed by atoms with Crippen molar-refractivity contribution in [1.82, 2.24) is 0 Å². The molecule has 2 nitrogen and oxygen atoms in total. The minimum Gasteiger partial charge on any atom is -0.379 e. The van der Waals surface area contributed by atoms with Crippen LogP contribution >= 0.6 is 0 Å². The van der Waals surface area contributed by atoms with Crippen molar-refractivity contribution in [1.29, 1.82) is 0 Å². The normalized spacial score (nSPS) is 12.8. The molecule has 0 saturated heterocycles. The molecule has 1 unspecified atom stereocenters. The van der Waals surface area contributed by atoms with Crippen LogP contribution in [0.1, 0.15) is 78.6 Å². The number of hydrogen-bond acceptors (Lipinski definition) is 2. The van der Waals surface area contributed by atoms with Gasteiger partial charge in [0, 0.05) is 13.2 Å². The molecule has 0 aromatic heterocycles. The Hall–Kier alpha value is -0.0800. The highest BCUT2D eigenvalue weighted by Gasteiger charge is 2.08. The van der Waals surface area contributed by atoms with Crippen molar-refractivity contribution in [3.8, 4) is 0 Å². The van der Waals surface area contributed by atoms with Crippen LogP contribution in [0.4, 0.5) is 0 Å². The van der Waals surface area contributed by atoms with Crippen molar-refractivity contribution in [2.75, 3.05) is 19.8 Å². The Morgan fingerprint density at radius 2 is 1.39 bits per heavy atom. The van der Waals surface area contributed by atoms with Crippen LogP contribution in [0.15, 0.2) is 0 Å². The highest BCUT2D eigenvalue weighted by Crippen LogP contribution is 2.10. The van der Waals surface area contributed by atoms with Gasteiger partial charge in [0.15, 0.2) is 0 Å². The average Bonchev–Trinajstić information content (AvgIpc) is 2.39. The minimum atomic E-state index is 0.324. The second-order valence-electron chi connectivity index (χ2n) is 5.12. The first-order chi connectivity index (χ1) is 8.85. The summed E-state index contributed by atoms with van der Waals surface area (Å²) in [6, 6.07) is 0. The number of ether oxygens (including phenoxy) is 2. The Balaban J connectivity index is 3.62. The summed E-state index contributed by atoms with van der Waals surface area (Å²) in [7, 11) is 0. The van der Waals surface area contributed by atoms with Crippen molar-refractivity contribution in [3.05, 3.63) is 0 Å². The van der Waals surface area contributed by atoms with E-state index in [0.29, 0.717) is 6.10 Å². The van der Waals surface area contributed by atoms with E-state index in [1.165, 1.54) is 44.9 Å². The smallest absolute Gasteiger partial charge is 0.0808 e. The van der Waals surface area contributed by atoms with E-state index >= 15 is 0 Å². The fourth-order valence-corrected chi connectivity index (χ4v) is 1.87.